The molecule has 1 N–H and O–H groups in total. The zero-order chi connectivity index (χ0) is 11.9. The standard InChI is InChI=1S/C9H7BrCl2F2O/c1-8(15,9(10,13)14)5-3-2-4-6(11)7(5)12/h2-4,15H,1H3. The van der Waals surface area contributed by atoms with Gasteiger partial charge in [-0.2, -0.15) is 8.78 Å². The van der Waals surface area contributed by atoms with Crippen LogP contribution in [0.5, 0.6) is 0 Å². The van der Waals surface area contributed by atoms with E-state index in [2.05, 4.69) is 15.9 Å². The van der Waals surface area contributed by atoms with Gasteiger partial charge in [0, 0.05) is 5.56 Å². The Kier molecular flexibility index (Phi) is 3.66. The fourth-order valence-corrected chi connectivity index (χ4v) is 1.73. The predicted molar refractivity (Wildman–Crippen MR) is 59.9 cm³/mol. The van der Waals surface area contributed by atoms with Crippen molar-refractivity contribution in [1.82, 2.24) is 0 Å². The highest BCUT2D eigenvalue weighted by molar-refractivity contribution is 9.10. The second-order valence-corrected chi connectivity index (χ2v) is 4.95. The van der Waals surface area contributed by atoms with E-state index < -0.39 is 10.4 Å². The van der Waals surface area contributed by atoms with Crippen LogP contribution in [0.15, 0.2) is 18.2 Å². The number of halogens is 5. The molecule has 1 aromatic rings. The van der Waals surface area contributed by atoms with Gasteiger partial charge < -0.3 is 5.11 Å². The smallest absolute Gasteiger partial charge is 0.333 e. The van der Waals surface area contributed by atoms with Crippen LogP contribution >= 0.6 is 39.1 Å². The first kappa shape index (κ1) is 13.2. The molecule has 6 heteroatoms. The average molecular weight is 320 g/mol. The fraction of sp³-hybridized carbons (Fsp3) is 0.333. The highest BCUT2D eigenvalue weighted by atomic mass is 79.9. The molecule has 1 rings (SSSR count). The van der Waals surface area contributed by atoms with Crippen LogP contribution in [-0.4, -0.2) is 9.94 Å². The Balaban J connectivity index is 3.34. The second-order valence-electron chi connectivity index (χ2n) is 3.17. The summed E-state index contributed by atoms with van der Waals surface area (Å²) in [5, 5.41) is 9.72. The molecule has 0 heterocycles. The molecule has 0 fully saturated rings. The van der Waals surface area contributed by atoms with E-state index in [1.165, 1.54) is 18.2 Å². The molecule has 1 nitrogen and oxygen atoms in total. The third kappa shape index (κ3) is 2.44. The number of alkyl halides is 3. The summed E-state index contributed by atoms with van der Waals surface area (Å²) in [4.78, 5) is -3.49. The lowest BCUT2D eigenvalue weighted by molar-refractivity contribution is -0.109. The summed E-state index contributed by atoms with van der Waals surface area (Å²) in [7, 11) is 0. The summed E-state index contributed by atoms with van der Waals surface area (Å²) in [6.07, 6.45) is 0. The van der Waals surface area contributed by atoms with Crippen LogP contribution < -0.4 is 0 Å². The third-order valence-electron chi connectivity index (χ3n) is 2.03. The lowest BCUT2D eigenvalue weighted by Gasteiger charge is -2.29. The van der Waals surface area contributed by atoms with Crippen molar-refractivity contribution in [1.29, 1.82) is 0 Å². The first-order valence-electron chi connectivity index (χ1n) is 3.91. The van der Waals surface area contributed by atoms with Crippen molar-refractivity contribution in [2.45, 2.75) is 17.4 Å². The van der Waals surface area contributed by atoms with Crippen molar-refractivity contribution < 1.29 is 13.9 Å². The molecule has 0 spiro atoms. The molecule has 0 aromatic heterocycles. The van der Waals surface area contributed by atoms with Gasteiger partial charge in [0.25, 0.3) is 0 Å². The van der Waals surface area contributed by atoms with Gasteiger partial charge in [-0.05, 0) is 28.9 Å². The van der Waals surface area contributed by atoms with Crippen LogP contribution in [0.2, 0.25) is 10.0 Å². The summed E-state index contributed by atoms with van der Waals surface area (Å²) < 4.78 is 26.1. The maximum absolute atomic E-state index is 13.1. The molecular formula is C9H7BrCl2F2O. The molecule has 0 aliphatic rings. The van der Waals surface area contributed by atoms with E-state index in [-0.39, 0.29) is 15.6 Å². The zero-order valence-electron chi connectivity index (χ0n) is 7.57. The summed E-state index contributed by atoms with van der Waals surface area (Å²) >= 11 is 13.5. The predicted octanol–water partition coefficient (Wildman–Crippen LogP) is 4.19. The van der Waals surface area contributed by atoms with E-state index in [0.29, 0.717) is 0 Å². The van der Waals surface area contributed by atoms with E-state index in [1.807, 2.05) is 0 Å². The van der Waals surface area contributed by atoms with E-state index in [0.717, 1.165) is 6.92 Å². The van der Waals surface area contributed by atoms with E-state index in [4.69, 9.17) is 23.2 Å². The van der Waals surface area contributed by atoms with E-state index in [9.17, 15) is 13.9 Å². The lowest BCUT2D eigenvalue weighted by Crippen LogP contribution is -2.38. The monoisotopic (exact) mass is 318 g/mol. The van der Waals surface area contributed by atoms with Crippen molar-refractivity contribution in [3.63, 3.8) is 0 Å². The Bertz CT molecular complexity index is 377. The fourth-order valence-electron chi connectivity index (χ4n) is 1.03. The van der Waals surface area contributed by atoms with Gasteiger partial charge in [-0.1, -0.05) is 35.3 Å². The zero-order valence-corrected chi connectivity index (χ0v) is 10.7. The van der Waals surface area contributed by atoms with Crippen molar-refractivity contribution >= 4 is 39.1 Å². The molecule has 1 aromatic carbocycles. The van der Waals surface area contributed by atoms with Crippen LogP contribution in [0.4, 0.5) is 8.78 Å². The van der Waals surface area contributed by atoms with Gasteiger partial charge in [-0.15, -0.1) is 0 Å². The maximum atomic E-state index is 13.1. The SMILES string of the molecule is CC(O)(c1cccc(Cl)c1Cl)C(F)(F)Br. The normalized spacial score (nSPS) is 16.2. The number of hydrogen-bond acceptors (Lipinski definition) is 1. The molecule has 0 amide bonds. The van der Waals surface area contributed by atoms with Crippen LogP contribution in [-0.2, 0) is 5.60 Å². The molecular weight excluding hydrogens is 313 g/mol. The first-order valence-corrected chi connectivity index (χ1v) is 5.46. The molecule has 15 heavy (non-hydrogen) atoms. The minimum absolute atomic E-state index is 0.0803. The summed E-state index contributed by atoms with van der Waals surface area (Å²) in [5.74, 6) is 0. The average Bonchev–Trinajstić information content (AvgIpc) is 2.07. The molecule has 0 radical (unpaired) electrons. The molecule has 0 aliphatic carbocycles. The van der Waals surface area contributed by atoms with Gasteiger partial charge >= 0.3 is 4.83 Å². The molecule has 1 unspecified atom stereocenters. The Morgan fingerprint density at radius 2 is 1.87 bits per heavy atom. The molecule has 0 aliphatic heterocycles. The van der Waals surface area contributed by atoms with Gasteiger partial charge in [0.1, 0.15) is 0 Å². The second kappa shape index (κ2) is 4.17. The highest BCUT2D eigenvalue weighted by Crippen LogP contribution is 2.45. The van der Waals surface area contributed by atoms with Gasteiger partial charge in [0.15, 0.2) is 5.60 Å². The molecule has 1 atom stereocenters. The minimum Gasteiger partial charge on any atom is -0.378 e. The first-order chi connectivity index (χ1) is 6.68. The van der Waals surface area contributed by atoms with Gasteiger partial charge in [-0.3, -0.25) is 0 Å². The molecule has 0 bridgehead atoms. The van der Waals surface area contributed by atoms with E-state index >= 15 is 0 Å². The van der Waals surface area contributed by atoms with Crippen molar-refractivity contribution in [2.24, 2.45) is 0 Å². The lowest BCUT2D eigenvalue weighted by atomic mass is 9.96. The molecule has 0 saturated heterocycles. The minimum atomic E-state index is -3.49. The Morgan fingerprint density at radius 1 is 1.33 bits per heavy atom. The number of rotatable bonds is 2. The third-order valence-corrected chi connectivity index (χ3v) is 3.62. The number of aliphatic hydroxyl groups is 1. The van der Waals surface area contributed by atoms with Crippen LogP contribution in [0.3, 0.4) is 0 Å². The quantitative estimate of drug-likeness (QED) is 0.810. The molecule has 84 valence electrons. The van der Waals surface area contributed by atoms with Gasteiger partial charge in [0.2, 0.25) is 0 Å². The Morgan fingerprint density at radius 3 is 2.33 bits per heavy atom. The topological polar surface area (TPSA) is 20.2 Å². The summed E-state index contributed by atoms with van der Waals surface area (Å²) in [6.45, 7) is 0.958. The molecule has 0 saturated carbocycles. The summed E-state index contributed by atoms with van der Waals surface area (Å²) in [5.41, 5.74) is -2.55. The van der Waals surface area contributed by atoms with Crippen LogP contribution in [0.25, 0.3) is 0 Å². The van der Waals surface area contributed by atoms with Crippen molar-refractivity contribution in [3.05, 3.63) is 33.8 Å². The largest absolute Gasteiger partial charge is 0.378 e. The maximum Gasteiger partial charge on any atom is 0.333 e. The number of benzene rings is 1. The highest BCUT2D eigenvalue weighted by Gasteiger charge is 2.49. The van der Waals surface area contributed by atoms with Crippen LogP contribution in [0, 0.1) is 0 Å². The number of hydrogen-bond donors (Lipinski definition) is 1. The van der Waals surface area contributed by atoms with Crippen LogP contribution in [0.1, 0.15) is 12.5 Å². The Labute approximate surface area is 104 Å². The van der Waals surface area contributed by atoms with Gasteiger partial charge in [-0.25, -0.2) is 0 Å². The van der Waals surface area contributed by atoms with Gasteiger partial charge in [0.05, 0.1) is 10.0 Å². The Hall–Kier alpha value is 0.1000. The van der Waals surface area contributed by atoms with Crippen molar-refractivity contribution in [2.75, 3.05) is 0 Å². The summed E-state index contributed by atoms with van der Waals surface area (Å²) in [6, 6.07) is 4.19. The van der Waals surface area contributed by atoms with E-state index in [1.54, 1.807) is 0 Å². The van der Waals surface area contributed by atoms with Crippen molar-refractivity contribution in [3.8, 4) is 0 Å².